The number of hydrogen-bond acceptors (Lipinski definition) is 4. The van der Waals surface area contributed by atoms with Crippen LogP contribution in [0.4, 0.5) is 0 Å². The maximum atomic E-state index is 12.1. The molecule has 4 rings (SSSR count). The minimum Gasteiger partial charge on any atom is -0.314 e. The molecule has 2 aromatic heterocycles. The molecule has 22 heavy (non-hydrogen) atoms. The molecule has 0 spiro atoms. The summed E-state index contributed by atoms with van der Waals surface area (Å²) in [6.07, 6.45) is 4.86. The SMILES string of the molecule is O=C(NS(=O)(=O)C1CC1)c1ccc2c(c1)ncc1cccn12. The van der Waals surface area contributed by atoms with Gasteiger partial charge in [-0.15, -0.1) is 0 Å². The number of hydrogen-bond donors (Lipinski definition) is 1. The number of sulfonamides is 1. The van der Waals surface area contributed by atoms with Gasteiger partial charge in [0.05, 0.1) is 28.0 Å². The van der Waals surface area contributed by atoms with Crippen LogP contribution in [0.2, 0.25) is 0 Å². The number of rotatable bonds is 3. The number of amides is 1. The lowest BCUT2D eigenvalue weighted by Gasteiger charge is -2.07. The summed E-state index contributed by atoms with van der Waals surface area (Å²) in [7, 11) is -3.54. The zero-order valence-electron chi connectivity index (χ0n) is 11.6. The Labute approximate surface area is 126 Å². The van der Waals surface area contributed by atoms with Gasteiger partial charge < -0.3 is 4.40 Å². The molecule has 1 saturated carbocycles. The molecular formula is C15H13N3O3S. The summed E-state index contributed by atoms with van der Waals surface area (Å²) in [5, 5.41) is -0.422. The standard InChI is InChI=1S/C15H13N3O3S/c19-15(17-22(20,21)12-4-5-12)10-3-6-14-13(8-10)16-9-11-2-1-7-18(11)14/h1-3,6-9,12H,4-5H2,(H,17,19). The molecule has 1 fully saturated rings. The summed E-state index contributed by atoms with van der Waals surface area (Å²) in [5.74, 6) is -0.608. The lowest BCUT2D eigenvalue weighted by molar-refractivity contribution is 0.0981. The summed E-state index contributed by atoms with van der Waals surface area (Å²) >= 11 is 0. The van der Waals surface area contributed by atoms with Gasteiger partial charge in [0.15, 0.2) is 0 Å². The molecule has 7 heteroatoms. The second-order valence-electron chi connectivity index (χ2n) is 5.44. The van der Waals surface area contributed by atoms with Crippen LogP contribution in [0.3, 0.4) is 0 Å². The molecule has 2 heterocycles. The maximum Gasteiger partial charge on any atom is 0.264 e. The van der Waals surface area contributed by atoms with Crippen molar-refractivity contribution in [2.24, 2.45) is 0 Å². The van der Waals surface area contributed by atoms with Crippen LogP contribution in [0, 0.1) is 0 Å². The molecule has 0 saturated heterocycles. The molecule has 6 nitrogen and oxygen atoms in total. The van der Waals surface area contributed by atoms with Crippen LogP contribution in [-0.4, -0.2) is 29.0 Å². The Morgan fingerprint density at radius 3 is 2.86 bits per heavy atom. The zero-order valence-corrected chi connectivity index (χ0v) is 12.4. The number of carbonyl (C=O) groups is 1. The Bertz CT molecular complexity index is 1000. The highest BCUT2D eigenvalue weighted by atomic mass is 32.2. The van der Waals surface area contributed by atoms with Crippen LogP contribution in [0.1, 0.15) is 23.2 Å². The molecule has 0 radical (unpaired) electrons. The van der Waals surface area contributed by atoms with Crippen LogP contribution in [0.5, 0.6) is 0 Å². The van der Waals surface area contributed by atoms with Crippen molar-refractivity contribution < 1.29 is 13.2 Å². The Hall–Kier alpha value is -2.41. The summed E-state index contributed by atoms with van der Waals surface area (Å²) in [6.45, 7) is 0. The Morgan fingerprint density at radius 1 is 1.27 bits per heavy atom. The first-order valence-electron chi connectivity index (χ1n) is 6.96. The molecule has 1 aliphatic rings. The van der Waals surface area contributed by atoms with Crippen molar-refractivity contribution in [3.8, 4) is 0 Å². The third-order valence-corrected chi connectivity index (χ3v) is 5.63. The normalized spacial score (nSPS) is 15.3. The topological polar surface area (TPSA) is 80.5 Å². The largest absolute Gasteiger partial charge is 0.314 e. The van der Waals surface area contributed by atoms with Gasteiger partial charge in [-0.1, -0.05) is 0 Å². The molecule has 1 amide bonds. The Kier molecular flexibility index (Phi) is 2.74. The lowest BCUT2D eigenvalue weighted by Crippen LogP contribution is -2.33. The van der Waals surface area contributed by atoms with E-state index in [0.29, 0.717) is 18.4 Å². The van der Waals surface area contributed by atoms with Crippen LogP contribution in [0.25, 0.3) is 16.6 Å². The van der Waals surface area contributed by atoms with E-state index in [1.165, 1.54) is 0 Å². The van der Waals surface area contributed by atoms with Crippen LogP contribution in [0.15, 0.2) is 42.7 Å². The molecule has 0 atom stereocenters. The van der Waals surface area contributed by atoms with Gasteiger partial charge in [-0.3, -0.25) is 9.78 Å². The fourth-order valence-corrected chi connectivity index (χ4v) is 3.78. The van der Waals surface area contributed by atoms with Crippen molar-refractivity contribution in [1.82, 2.24) is 14.1 Å². The summed E-state index contributed by atoms with van der Waals surface area (Å²) in [4.78, 5) is 16.4. The van der Waals surface area contributed by atoms with Gasteiger partial charge in [-0.05, 0) is 43.2 Å². The maximum absolute atomic E-state index is 12.1. The minimum absolute atomic E-state index is 0.288. The number of aromatic nitrogens is 2. The molecule has 1 aromatic carbocycles. The highest BCUT2D eigenvalue weighted by Gasteiger charge is 2.36. The van der Waals surface area contributed by atoms with Gasteiger partial charge >= 0.3 is 0 Å². The first kappa shape index (κ1) is 13.3. The van der Waals surface area contributed by atoms with E-state index in [9.17, 15) is 13.2 Å². The van der Waals surface area contributed by atoms with Gasteiger partial charge in [0.1, 0.15) is 0 Å². The molecule has 1 aliphatic carbocycles. The Balaban J connectivity index is 1.73. The van der Waals surface area contributed by atoms with Crippen molar-refractivity contribution in [2.45, 2.75) is 18.1 Å². The van der Waals surface area contributed by atoms with Crippen molar-refractivity contribution in [2.75, 3.05) is 0 Å². The first-order valence-corrected chi connectivity index (χ1v) is 8.51. The van der Waals surface area contributed by atoms with Gasteiger partial charge in [0, 0.05) is 11.8 Å². The second kappa shape index (κ2) is 4.54. The average Bonchev–Trinajstić information content (AvgIpc) is 3.25. The van der Waals surface area contributed by atoms with Gasteiger partial charge in [-0.25, -0.2) is 13.1 Å². The number of carbonyl (C=O) groups excluding carboxylic acids is 1. The van der Waals surface area contributed by atoms with E-state index in [1.807, 2.05) is 22.7 Å². The summed E-state index contributed by atoms with van der Waals surface area (Å²) in [5.41, 5.74) is 2.75. The minimum atomic E-state index is -3.54. The average molecular weight is 315 g/mol. The van der Waals surface area contributed by atoms with Gasteiger partial charge in [-0.2, -0.15) is 0 Å². The quantitative estimate of drug-likeness (QED) is 0.798. The molecule has 1 N–H and O–H groups in total. The highest BCUT2D eigenvalue weighted by Crippen LogP contribution is 2.27. The third kappa shape index (κ3) is 2.14. The molecule has 0 unspecified atom stereocenters. The molecule has 112 valence electrons. The van der Waals surface area contributed by atoms with E-state index in [4.69, 9.17) is 0 Å². The van der Waals surface area contributed by atoms with Crippen molar-refractivity contribution in [1.29, 1.82) is 0 Å². The summed E-state index contributed by atoms with van der Waals surface area (Å²) < 4.78 is 27.8. The number of benzene rings is 1. The van der Waals surface area contributed by atoms with E-state index >= 15 is 0 Å². The predicted octanol–water partition coefficient (Wildman–Crippen LogP) is 1.71. The molecule has 0 aliphatic heterocycles. The summed E-state index contributed by atoms with van der Waals surface area (Å²) in [6, 6.07) is 8.84. The number of nitrogens with one attached hydrogen (secondary N) is 1. The van der Waals surface area contributed by atoms with E-state index in [-0.39, 0.29) is 5.56 Å². The van der Waals surface area contributed by atoms with E-state index in [1.54, 1.807) is 24.4 Å². The van der Waals surface area contributed by atoms with Crippen molar-refractivity contribution in [3.05, 3.63) is 48.3 Å². The van der Waals surface area contributed by atoms with Crippen LogP contribution < -0.4 is 4.72 Å². The number of nitrogens with zero attached hydrogens (tertiary/aromatic N) is 2. The van der Waals surface area contributed by atoms with Gasteiger partial charge in [0.2, 0.25) is 10.0 Å². The second-order valence-corrected chi connectivity index (χ2v) is 7.40. The number of fused-ring (bicyclic) bond motifs is 3. The van der Waals surface area contributed by atoms with Crippen molar-refractivity contribution >= 4 is 32.5 Å². The van der Waals surface area contributed by atoms with Gasteiger partial charge in [0.25, 0.3) is 5.91 Å². The zero-order chi connectivity index (χ0) is 15.3. The van der Waals surface area contributed by atoms with E-state index in [0.717, 1.165) is 11.0 Å². The fraction of sp³-hybridized carbons (Fsp3) is 0.200. The van der Waals surface area contributed by atoms with Crippen molar-refractivity contribution in [3.63, 3.8) is 0 Å². The Morgan fingerprint density at radius 2 is 2.09 bits per heavy atom. The van der Waals surface area contributed by atoms with E-state index < -0.39 is 21.2 Å². The lowest BCUT2D eigenvalue weighted by atomic mass is 10.2. The van der Waals surface area contributed by atoms with E-state index in [2.05, 4.69) is 9.71 Å². The van der Waals surface area contributed by atoms with Crippen LogP contribution >= 0.6 is 0 Å². The fourth-order valence-electron chi connectivity index (χ4n) is 2.48. The monoisotopic (exact) mass is 315 g/mol. The first-order chi connectivity index (χ1) is 10.5. The third-order valence-electron chi connectivity index (χ3n) is 3.81. The highest BCUT2D eigenvalue weighted by molar-refractivity contribution is 7.91. The molecule has 0 bridgehead atoms. The smallest absolute Gasteiger partial charge is 0.264 e. The van der Waals surface area contributed by atoms with Crippen LogP contribution in [-0.2, 0) is 10.0 Å². The molecule has 3 aromatic rings. The molecular weight excluding hydrogens is 302 g/mol. The predicted molar refractivity (Wildman–Crippen MR) is 82.1 cm³/mol.